The maximum atomic E-state index is 12.6. The Kier molecular flexibility index (Phi) is 2.96. The van der Waals surface area contributed by atoms with E-state index in [0.717, 1.165) is 12.1 Å². The molecule has 2 unspecified atom stereocenters. The highest BCUT2D eigenvalue weighted by Gasteiger charge is 2.32. The first-order valence-corrected chi connectivity index (χ1v) is 5.57. The quantitative estimate of drug-likeness (QED) is 0.750. The fraction of sp³-hybridized carbons (Fsp3) is 0.417. The predicted octanol–water partition coefficient (Wildman–Crippen LogP) is 3.09. The lowest BCUT2D eigenvalue weighted by atomic mass is 10.0. The fourth-order valence-electron chi connectivity index (χ4n) is 1.79. The van der Waals surface area contributed by atoms with Crippen molar-refractivity contribution in [2.75, 3.05) is 10.6 Å². The number of hydrogen-bond acceptors (Lipinski definition) is 2. The third kappa shape index (κ3) is 2.27. The lowest BCUT2D eigenvalue weighted by molar-refractivity contribution is -0.137. The summed E-state index contributed by atoms with van der Waals surface area (Å²) in [5, 5.41) is 5.54. The average molecular weight is 258 g/mol. The monoisotopic (exact) mass is 258 g/mol. The van der Waals surface area contributed by atoms with Crippen molar-refractivity contribution in [3.05, 3.63) is 23.8 Å². The number of carbonyl (C=O) groups excluding carboxylic acids is 1. The highest BCUT2D eigenvalue weighted by Crippen LogP contribution is 2.35. The van der Waals surface area contributed by atoms with Gasteiger partial charge in [-0.1, -0.05) is 6.92 Å². The van der Waals surface area contributed by atoms with Crippen LogP contribution < -0.4 is 10.6 Å². The Morgan fingerprint density at radius 1 is 1.17 bits per heavy atom. The number of amides is 1. The van der Waals surface area contributed by atoms with Crippen molar-refractivity contribution in [2.45, 2.75) is 26.1 Å². The molecular formula is C12H13F3N2O. The van der Waals surface area contributed by atoms with Crippen molar-refractivity contribution in [1.82, 2.24) is 0 Å². The zero-order chi connectivity index (χ0) is 13.5. The van der Waals surface area contributed by atoms with Crippen molar-refractivity contribution in [3.63, 3.8) is 0 Å². The largest absolute Gasteiger partial charge is 0.416 e. The number of anilines is 2. The van der Waals surface area contributed by atoms with Crippen LogP contribution in [0.1, 0.15) is 19.4 Å². The number of fused-ring (bicyclic) bond motifs is 1. The normalized spacial score (nSPS) is 23.7. The molecule has 0 aromatic heterocycles. The van der Waals surface area contributed by atoms with Crippen molar-refractivity contribution in [2.24, 2.45) is 5.92 Å². The Balaban J connectivity index is 2.43. The van der Waals surface area contributed by atoms with Crippen LogP contribution in [0.25, 0.3) is 0 Å². The SMILES string of the molecule is CC1Nc2ccc(C(F)(F)F)cc2NC(=O)C1C. The van der Waals surface area contributed by atoms with E-state index in [1.807, 2.05) is 6.92 Å². The molecule has 2 N–H and O–H groups in total. The Hall–Kier alpha value is -1.72. The summed E-state index contributed by atoms with van der Waals surface area (Å²) in [6.45, 7) is 3.54. The number of hydrogen-bond donors (Lipinski definition) is 2. The van der Waals surface area contributed by atoms with Crippen LogP contribution in [-0.4, -0.2) is 11.9 Å². The lowest BCUT2D eigenvalue weighted by Gasteiger charge is -2.16. The van der Waals surface area contributed by atoms with E-state index < -0.39 is 11.7 Å². The van der Waals surface area contributed by atoms with Crippen molar-refractivity contribution < 1.29 is 18.0 Å². The first-order chi connectivity index (χ1) is 8.29. The Morgan fingerprint density at radius 3 is 2.44 bits per heavy atom. The second kappa shape index (κ2) is 4.19. The molecule has 98 valence electrons. The summed E-state index contributed by atoms with van der Waals surface area (Å²) in [5.41, 5.74) is -0.0928. The Bertz CT molecular complexity index is 485. The molecule has 0 saturated carbocycles. The third-order valence-corrected chi connectivity index (χ3v) is 3.15. The van der Waals surface area contributed by atoms with E-state index >= 15 is 0 Å². The average Bonchev–Trinajstić information content (AvgIpc) is 2.37. The van der Waals surface area contributed by atoms with Crippen molar-refractivity contribution in [1.29, 1.82) is 0 Å². The van der Waals surface area contributed by atoms with Crippen LogP contribution in [0.2, 0.25) is 0 Å². The first kappa shape index (κ1) is 12.7. The van der Waals surface area contributed by atoms with Gasteiger partial charge in [-0.25, -0.2) is 0 Å². The topological polar surface area (TPSA) is 41.1 Å². The molecule has 1 aromatic carbocycles. The molecular weight excluding hydrogens is 245 g/mol. The summed E-state index contributed by atoms with van der Waals surface area (Å²) in [6.07, 6.45) is -4.41. The predicted molar refractivity (Wildman–Crippen MR) is 62.3 cm³/mol. The van der Waals surface area contributed by atoms with Gasteiger partial charge < -0.3 is 10.6 Å². The van der Waals surface area contributed by atoms with E-state index in [9.17, 15) is 18.0 Å². The second-order valence-corrected chi connectivity index (χ2v) is 4.47. The minimum absolute atomic E-state index is 0.136. The van der Waals surface area contributed by atoms with Gasteiger partial charge in [0.2, 0.25) is 5.91 Å². The molecule has 0 saturated heterocycles. The van der Waals surface area contributed by atoms with Crippen LogP contribution in [0.3, 0.4) is 0 Å². The summed E-state index contributed by atoms with van der Waals surface area (Å²) in [4.78, 5) is 11.7. The lowest BCUT2D eigenvalue weighted by Crippen LogP contribution is -2.30. The van der Waals surface area contributed by atoms with Gasteiger partial charge in [-0.2, -0.15) is 13.2 Å². The number of alkyl halides is 3. The van der Waals surface area contributed by atoms with Crippen LogP contribution >= 0.6 is 0 Å². The maximum Gasteiger partial charge on any atom is 0.416 e. The minimum Gasteiger partial charge on any atom is -0.380 e. The molecule has 0 aliphatic carbocycles. The summed E-state index contributed by atoms with van der Waals surface area (Å²) in [7, 11) is 0. The maximum absolute atomic E-state index is 12.6. The smallest absolute Gasteiger partial charge is 0.380 e. The van der Waals surface area contributed by atoms with E-state index in [2.05, 4.69) is 10.6 Å². The van der Waals surface area contributed by atoms with Gasteiger partial charge in [-0.3, -0.25) is 4.79 Å². The van der Waals surface area contributed by atoms with E-state index in [1.165, 1.54) is 6.07 Å². The molecule has 18 heavy (non-hydrogen) atoms. The summed E-state index contributed by atoms with van der Waals surface area (Å²) in [6, 6.07) is 3.15. The molecule has 3 nitrogen and oxygen atoms in total. The molecule has 1 amide bonds. The Labute approximate surface area is 102 Å². The number of halogens is 3. The van der Waals surface area contributed by atoms with Crippen molar-refractivity contribution in [3.8, 4) is 0 Å². The molecule has 0 fully saturated rings. The highest BCUT2D eigenvalue weighted by atomic mass is 19.4. The molecule has 1 aliphatic heterocycles. The number of nitrogens with one attached hydrogen (secondary N) is 2. The van der Waals surface area contributed by atoms with Crippen LogP contribution in [0.15, 0.2) is 18.2 Å². The summed E-state index contributed by atoms with van der Waals surface area (Å²) in [5.74, 6) is -0.597. The van der Waals surface area contributed by atoms with E-state index in [1.54, 1.807) is 6.92 Å². The zero-order valence-electron chi connectivity index (χ0n) is 9.93. The molecule has 2 rings (SSSR count). The first-order valence-electron chi connectivity index (χ1n) is 5.57. The van der Waals surface area contributed by atoms with Crippen LogP contribution in [0.5, 0.6) is 0 Å². The Morgan fingerprint density at radius 2 is 1.83 bits per heavy atom. The molecule has 0 bridgehead atoms. The molecule has 1 aliphatic rings. The molecule has 0 spiro atoms. The van der Waals surface area contributed by atoms with Gasteiger partial charge in [0.15, 0.2) is 0 Å². The van der Waals surface area contributed by atoms with Gasteiger partial charge in [0.1, 0.15) is 0 Å². The third-order valence-electron chi connectivity index (χ3n) is 3.15. The van der Waals surface area contributed by atoms with Gasteiger partial charge in [-0.05, 0) is 25.1 Å². The van der Waals surface area contributed by atoms with Gasteiger partial charge in [0.05, 0.1) is 22.9 Å². The molecule has 1 heterocycles. The molecule has 2 atom stereocenters. The fourth-order valence-corrected chi connectivity index (χ4v) is 1.79. The van der Waals surface area contributed by atoms with Crippen molar-refractivity contribution >= 4 is 17.3 Å². The van der Waals surface area contributed by atoms with E-state index in [4.69, 9.17) is 0 Å². The summed E-state index contributed by atoms with van der Waals surface area (Å²) >= 11 is 0. The number of carbonyl (C=O) groups is 1. The number of benzene rings is 1. The van der Waals surface area contributed by atoms with Gasteiger partial charge in [0, 0.05) is 6.04 Å². The summed E-state index contributed by atoms with van der Waals surface area (Å²) < 4.78 is 37.7. The van der Waals surface area contributed by atoms with E-state index in [-0.39, 0.29) is 23.6 Å². The van der Waals surface area contributed by atoms with E-state index in [0.29, 0.717) is 5.69 Å². The number of rotatable bonds is 0. The van der Waals surface area contributed by atoms with Gasteiger partial charge in [-0.15, -0.1) is 0 Å². The van der Waals surface area contributed by atoms with Gasteiger partial charge >= 0.3 is 6.18 Å². The molecule has 6 heteroatoms. The molecule has 0 radical (unpaired) electrons. The standard InChI is InChI=1S/C12H13F3N2O/c1-6-7(2)16-9-4-3-8(12(13,14)15)5-10(9)17-11(6)18/h3-7,16H,1-2H3,(H,17,18). The highest BCUT2D eigenvalue weighted by molar-refractivity contribution is 5.97. The second-order valence-electron chi connectivity index (χ2n) is 4.47. The molecule has 1 aromatic rings. The van der Waals surface area contributed by atoms with Crippen LogP contribution in [0, 0.1) is 5.92 Å². The minimum atomic E-state index is -4.41. The van der Waals surface area contributed by atoms with Crippen LogP contribution in [0.4, 0.5) is 24.5 Å². The zero-order valence-corrected chi connectivity index (χ0v) is 9.93. The van der Waals surface area contributed by atoms with Gasteiger partial charge in [0.25, 0.3) is 0 Å². The van der Waals surface area contributed by atoms with Crippen LogP contribution in [-0.2, 0) is 11.0 Å².